The van der Waals surface area contributed by atoms with Crippen LogP contribution in [0, 0.1) is 0 Å². The highest BCUT2D eigenvalue weighted by Gasteiger charge is 2.16. The van der Waals surface area contributed by atoms with Crippen LogP contribution in [0.3, 0.4) is 0 Å². The summed E-state index contributed by atoms with van der Waals surface area (Å²) in [6.45, 7) is 2.82. The van der Waals surface area contributed by atoms with Crippen molar-refractivity contribution in [2.45, 2.75) is 18.4 Å². The number of aromatic nitrogens is 2. The van der Waals surface area contributed by atoms with E-state index in [-0.39, 0.29) is 5.03 Å². The van der Waals surface area contributed by atoms with Crippen molar-refractivity contribution in [1.29, 1.82) is 0 Å². The zero-order valence-corrected chi connectivity index (χ0v) is 13.0. The van der Waals surface area contributed by atoms with Crippen molar-refractivity contribution < 1.29 is 8.42 Å². The first-order chi connectivity index (χ1) is 10.0. The molecule has 0 unspecified atom stereocenters. The maximum atomic E-state index is 12.1. The molecule has 1 aromatic heterocycles. The Labute approximate surface area is 125 Å². The number of H-pyrrole nitrogens is 1. The number of nitrogens with one attached hydrogen (secondary N) is 2. The van der Waals surface area contributed by atoms with Gasteiger partial charge >= 0.3 is 0 Å². The topological polar surface area (TPSA) is 78.1 Å². The molecular formula is C14H20N4O2S. The molecule has 2 rings (SSSR count). The van der Waals surface area contributed by atoms with Crippen molar-refractivity contribution in [2.24, 2.45) is 0 Å². The van der Waals surface area contributed by atoms with E-state index in [0.29, 0.717) is 25.3 Å². The summed E-state index contributed by atoms with van der Waals surface area (Å²) in [6, 6.07) is 9.82. The number of hydrogen-bond donors (Lipinski definition) is 2. The molecule has 0 radical (unpaired) electrons. The van der Waals surface area contributed by atoms with E-state index >= 15 is 0 Å². The van der Waals surface area contributed by atoms with Crippen molar-refractivity contribution in [3.05, 3.63) is 42.4 Å². The molecule has 0 aliphatic heterocycles. The van der Waals surface area contributed by atoms with Gasteiger partial charge in [0.25, 0.3) is 10.0 Å². The predicted octanol–water partition coefficient (Wildman–Crippen LogP) is 1.39. The first-order valence-electron chi connectivity index (χ1n) is 6.82. The van der Waals surface area contributed by atoms with Crippen LogP contribution in [0.15, 0.2) is 41.6 Å². The Morgan fingerprint density at radius 3 is 2.62 bits per heavy atom. The lowest BCUT2D eigenvalue weighted by molar-refractivity contribution is 0.578. The molecule has 6 nitrogen and oxygen atoms in total. The third-order valence-electron chi connectivity index (χ3n) is 3.17. The van der Waals surface area contributed by atoms with Crippen molar-refractivity contribution >= 4 is 15.7 Å². The molecule has 1 heterocycles. The van der Waals surface area contributed by atoms with E-state index in [1.165, 1.54) is 6.20 Å². The van der Waals surface area contributed by atoms with Gasteiger partial charge in [0.2, 0.25) is 0 Å². The highest BCUT2D eigenvalue weighted by atomic mass is 32.2. The van der Waals surface area contributed by atoms with E-state index in [0.717, 1.165) is 5.69 Å². The third-order valence-corrected chi connectivity index (χ3v) is 4.54. The number of para-hydroxylation sites is 1. The van der Waals surface area contributed by atoms with Gasteiger partial charge in [0.05, 0.1) is 6.20 Å². The van der Waals surface area contributed by atoms with Crippen LogP contribution in [0.4, 0.5) is 5.69 Å². The lowest BCUT2D eigenvalue weighted by Crippen LogP contribution is -2.33. The fourth-order valence-corrected chi connectivity index (χ4v) is 2.86. The van der Waals surface area contributed by atoms with Crippen LogP contribution in [0.1, 0.15) is 12.7 Å². The second-order valence-electron chi connectivity index (χ2n) is 4.70. The summed E-state index contributed by atoms with van der Waals surface area (Å²) in [7, 11) is -1.60. The average molecular weight is 308 g/mol. The standard InChI is InChI=1S/C14H20N4O2S/c1-3-13-15-11-14(17-13)21(19,20)16-9-10-18(2)12-7-5-4-6-8-12/h4-8,11,16H,3,9-10H2,1-2H3,(H,15,17). The predicted molar refractivity (Wildman–Crippen MR) is 82.9 cm³/mol. The van der Waals surface area contributed by atoms with E-state index in [1.807, 2.05) is 49.2 Å². The zero-order valence-electron chi connectivity index (χ0n) is 12.2. The van der Waals surface area contributed by atoms with Gasteiger partial charge in [-0.3, -0.25) is 0 Å². The lowest BCUT2D eigenvalue weighted by Gasteiger charge is -2.19. The van der Waals surface area contributed by atoms with E-state index in [4.69, 9.17) is 0 Å². The molecule has 0 saturated carbocycles. The number of likely N-dealkylation sites (N-methyl/N-ethyl adjacent to an activating group) is 1. The normalized spacial score (nSPS) is 11.5. The maximum absolute atomic E-state index is 12.1. The Balaban J connectivity index is 1.90. The fraction of sp³-hybridized carbons (Fsp3) is 0.357. The molecule has 0 saturated heterocycles. The van der Waals surface area contributed by atoms with E-state index in [9.17, 15) is 8.42 Å². The van der Waals surface area contributed by atoms with Crippen molar-refractivity contribution in [2.75, 3.05) is 25.0 Å². The molecule has 0 bridgehead atoms. The third kappa shape index (κ3) is 4.05. The highest BCUT2D eigenvalue weighted by molar-refractivity contribution is 7.89. The molecule has 0 spiro atoms. The SMILES string of the molecule is CCc1ncc(S(=O)(=O)NCCN(C)c2ccccc2)[nH]1. The Morgan fingerprint density at radius 1 is 1.29 bits per heavy atom. The molecule has 2 N–H and O–H groups in total. The van der Waals surface area contributed by atoms with Crippen LogP contribution in [-0.4, -0.2) is 38.5 Å². The van der Waals surface area contributed by atoms with Crippen molar-refractivity contribution in [3.63, 3.8) is 0 Å². The summed E-state index contributed by atoms with van der Waals surface area (Å²) in [5.41, 5.74) is 1.05. The lowest BCUT2D eigenvalue weighted by atomic mass is 10.3. The van der Waals surface area contributed by atoms with Crippen molar-refractivity contribution in [3.8, 4) is 0 Å². The monoisotopic (exact) mass is 308 g/mol. The minimum absolute atomic E-state index is 0.113. The van der Waals surface area contributed by atoms with Crippen LogP contribution in [-0.2, 0) is 16.4 Å². The molecular weight excluding hydrogens is 288 g/mol. The van der Waals surface area contributed by atoms with Gasteiger partial charge in [-0.05, 0) is 12.1 Å². The first kappa shape index (κ1) is 15.5. The molecule has 0 fully saturated rings. The minimum Gasteiger partial charge on any atom is -0.373 e. The van der Waals surface area contributed by atoms with E-state index < -0.39 is 10.0 Å². The quantitative estimate of drug-likeness (QED) is 0.810. The van der Waals surface area contributed by atoms with E-state index in [1.54, 1.807) is 0 Å². The Morgan fingerprint density at radius 2 is 2.00 bits per heavy atom. The summed E-state index contributed by atoms with van der Waals surface area (Å²) in [5, 5.41) is 0.113. The molecule has 7 heteroatoms. The molecule has 0 aliphatic carbocycles. The maximum Gasteiger partial charge on any atom is 0.257 e. The summed E-state index contributed by atoms with van der Waals surface area (Å²) < 4.78 is 26.7. The molecule has 0 aliphatic rings. The van der Waals surface area contributed by atoms with Gasteiger partial charge in [0.15, 0.2) is 5.03 Å². The number of aromatic amines is 1. The second kappa shape index (κ2) is 6.73. The molecule has 2 aromatic rings. The van der Waals surface area contributed by atoms with Gasteiger partial charge in [0, 0.05) is 32.2 Å². The van der Waals surface area contributed by atoms with Gasteiger partial charge in [-0.1, -0.05) is 25.1 Å². The van der Waals surface area contributed by atoms with Gasteiger partial charge in [0.1, 0.15) is 5.82 Å². The number of benzene rings is 1. The van der Waals surface area contributed by atoms with Crippen LogP contribution in [0.25, 0.3) is 0 Å². The largest absolute Gasteiger partial charge is 0.373 e. The first-order valence-corrected chi connectivity index (χ1v) is 8.31. The number of imidazole rings is 1. The average Bonchev–Trinajstić information content (AvgIpc) is 2.98. The smallest absolute Gasteiger partial charge is 0.257 e. The molecule has 1 aromatic carbocycles. The summed E-state index contributed by atoms with van der Waals surface area (Å²) >= 11 is 0. The highest BCUT2D eigenvalue weighted by Crippen LogP contribution is 2.10. The number of nitrogens with zero attached hydrogens (tertiary/aromatic N) is 2. The molecule has 0 atom stereocenters. The number of rotatable bonds is 7. The van der Waals surface area contributed by atoms with E-state index in [2.05, 4.69) is 14.7 Å². The number of anilines is 1. The van der Waals surface area contributed by atoms with Gasteiger partial charge in [-0.2, -0.15) is 0 Å². The number of aryl methyl sites for hydroxylation is 1. The zero-order chi connectivity index (χ0) is 15.3. The second-order valence-corrected chi connectivity index (χ2v) is 6.44. The molecule has 114 valence electrons. The minimum atomic E-state index is -3.52. The number of sulfonamides is 1. The van der Waals surface area contributed by atoms with Gasteiger partial charge < -0.3 is 9.88 Å². The van der Waals surface area contributed by atoms with Gasteiger partial charge in [-0.25, -0.2) is 18.1 Å². The Bertz CT molecular complexity index is 667. The Kier molecular flexibility index (Phi) is 4.98. The summed E-state index contributed by atoms with van der Waals surface area (Å²) in [4.78, 5) is 8.80. The molecule has 21 heavy (non-hydrogen) atoms. The van der Waals surface area contributed by atoms with Crippen LogP contribution >= 0.6 is 0 Å². The van der Waals surface area contributed by atoms with Crippen molar-refractivity contribution in [1.82, 2.24) is 14.7 Å². The van der Waals surface area contributed by atoms with Crippen LogP contribution < -0.4 is 9.62 Å². The Hall–Kier alpha value is -1.86. The fourth-order valence-electron chi connectivity index (χ4n) is 1.90. The summed E-state index contributed by atoms with van der Waals surface area (Å²) in [6.07, 6.45) is 2.02. The molecule has 0 amide bonds. The summed E-state index contributed by atoms with van der Waals surface area (Å²) in [5.74, 6) is 0.664. The van der Waals surface area contributed by atoms with Crippen LogP contribution in [0.5, 0.6) is 0 Å². The number of hydrogen-bond acceptors (Lipinski definition) is 4. The van der Waals surface area contributed by atoms with Crippen LogP contribution in [0.2, 0.25) is 0 Å². The van der Waals surface area contributed by atoms with Gasteiger partial charge in [-0.15, -0.1) is 0 Å².